The van der Waals surface area contributed by atoms with Gasteiger partial charge in [-0.25, -0.2) is 0 Å². The van der Waals surface area contributed by atoms with Crippen molar-refractivity contribution in [1.82, 2.24) is 27.7 Å². The molecule has 2 aromatic carbocycles. The number of benzene rings is 2. The van der Waals surface area contributed by atoms with E-state index in [1.54, 1.807) is 4.57 Å². The SMILES string of the molecule is Cc1cn2cc(-c3cccc(-c4cccc(-c5cc6c(=O)n(CCN7CC[C@H](C(=O)O)C7)c(C)cn6c5)c4Cl)c3Cl)cc2c(=O)n1CCN1CCCC1. The second-order valence-corrected chi connectivity index (χ2v) is 15.3. The third-order valence-electron chi connectivity index (χ3n) is 11.1. The van der Waals surface area contributed by atoms with Crippen molar-refractivity contribution in [2.45, 2.75) is 46.2 Å². The molecule has 0 saturated carbocycles. The van der Waals surface area contributed by atoms with Gasteiger partial charge in [0.25, 0.3) is 11.1 Å². The summed E-state index contributed by atoms with van der Waals surface area (Å²) in [6, 6.07) is 15.4. The van der Waals surface area contributed by atoms with Crippen LogP contribution in [-0.4, -0.2) is 78.1 Å². The number of rotatable bonds is 10. The number of hydrogen-bond acceptors (Lipinski definition) is 5. The fraction of sp³-hybridized carbons (Fsp3) is 0.341. The molecular formula is C41H42Cl2N6O4. The van der Waals surface area contributed by atoms with E-state index in [2.05, 4.69) is 9.80 Å². The molecule has 1 atom stereocenters. The first-order valence-corrected chi connectivity index (χ1v) is 19.0. The summed E-state index contributed by atoms with van der Waals surface area (Å²) in [4.78, 5) is 43.3. The van der Waals surface area contributed by atoms with Crippen LogP contribution in [0.2, 0.25) is 10.0 Å². The first-order chi connectivity index (χ1) is 25.6. The molecule has 274 valence electrons. The van der Waals surface area contributed by atoms with Gasteiger partial charge in [0.05, 0.1) is 16.0 Å². The summed E-state index contributed by atoms with van der Waals surface area (Å²) in [5, 5.41) is 10.4. The Morgan fingerprint density at radius 3 is 1.62 bits per heavy atom. The molecule has 6 heterocycles. The van der Waals surface area contributed by atoms with Crippen molar-refractivity contribution in [3.05, 3.63) is 115 Å². The van der Waals surface area contributed by atoms with Crippen molar-refractivity contribution in [1.29, 1.82) is 0 Å². The number of carbonyl (C=O) groups is 1. The Morgan fingerprint density at radius 1 is 0.679 bits per heavy atom. The standard InChI is InChI=1S/C41H42Cl2N6O4/c1-26-21-46-24-29(19-35(46)39(50)48(26)17-15-44-12-3-4-13-44)31-7-5-9-33(37(31)42)34-10-6-8-32(38(34)43)30-20-36-40(51)49(27(2)22-47(36)25-30)18-16-45-14-11-28(23-45)41(52)53/h5-10,19-22,24-25,28H,3-4,11-18,23H2,1-2H3,(H,52,53)/t28-/m0/s1. The van der Waals surface area contributed by atoms with E-state index in [0.717, 1.165) is 64.4 Å². The quantitative estimate of drug-likeness (QED) is 0.163. The molecule has 0 aliphatic carbocycles. The van der Waals surface area contributed by atoms with Gasteiger partial charge in [-0.1, -0.05) is 59.6 Å². The number of carboxylic acid groups (broad SMARTS) is 1. The lowest BCUT2D eigenvalue weighted by Crippen LogP contribution is -2.32. The van der Waals surface area contributed by atoms with Crippen LogP contribution in [0.5, 0.6) is 0 Å². The largest absolute Gasteiger partial charge is 0.481 e. The molecule has 2 aliphatic rings. The number of nitrogens with zero attached hydrogens (tertiary/aromatic N) is 6. The second kappa shape index (κ2) is 14.3. The Morgan fingerprint density at radius 2 is 1.15 bits per heavy atom. The fourth-order valence-electron chi connectivity index (χ4n) is 8.16. The molecule has 8 rings (SSSR count). The van der Waals surface area contributed by atoms with Gasteiger partial charge in [-0.05, 0) is 64.9 Å². The number of aryl methyl sites for hydroxylation is 2. The zero-order valence-corrected chi connectivity index (χ0v) is 31.4. The van der Waals surface area contributed by atoms with E-state index in [9.17, 15) is 19.5 Å². The van der Waals surface area contributed by atoms with Crippen molar-refractivity contribution in [3.63, 3.8) is 0 Å². The van der Waals surface area contributed by atoms with Crippen molar-refractivity contribution >= 4 is 40.2 Å². The maximum Gasteiger partial charge on any atom is 0.307 e. The summed E-state index contributed by atoms with van der Waals surface area (Å²) in [6.45, 7) is 9.91. The molecule has 2 saturated heterocycles. The van der Waals surface area contributed by atoms with Crippen LogP contribution >= 0.6 is 23.2 Å². The van der Waals surface area contributed by atoms with Crippen LogP contribution in [0.4, 0.5) is 0 Å². The monoisotopic (exact) mass is 752 g/mol. The van der Waals surface area contributed by atoms with Crippen molar-refractivity contribution in [2.75, 3.05) is 39.3 Å². The van der Waals surface area contributed by atoms with Crippen molar-refractivity contribution in [2.24, 2.45) is 5.92 Å². The predicted molar refractivity (Wildman–Crippen MR) is 211 cm³/mol. The number of carboxylic acids is 1. The molecule has 4 aromatic heterocycles. The maximum absolute atomic E-state index is 13.7. The summed E-state index contributed by atoms with van der Waals surface area (Å²) in [7, 11) is 0. The van der Waals surface area contributed by atoms with Gasteiger partial charge in [0.2, 0.25) is 0 Å². The molecule has 12 heteroatoms. The minimum Gasteiger partial charge on any atom is -0.481 e. The second-order valence-electron chi connectivity index (χ2n) is 14.5. The van der Waals surface area contributed by atoms with Gasteiger partial charge in [-0.2, -0.15) is 0 Å². The molecule has 0 amide bonds. The van der Waals surface area contributed by atoms with Gasteiger partial charge in [-0.15, -0.1) is 0 Å². The predicted octanol–water partition coefficient (Wildman–Crippen LogP) is 6.94. The van der Waals surface area contributed by atoms with Crippen molar-refractivity contribution in [3.8, 4) is 33.4 Å². The van der Waals surface area contributed by atoms with Gasteiger partial charge < -0.3 is 32.8 Å². The summed E-state index contributed by atoms with van der Waals surface area (Å²) in [5.41, 5.74) is 7.48. The van der Waals surface area contributed by atoms with Gasteiger partial charge in [0, 0.05) is 102 Å². The van der Waals surface area contributed by atoms with Crippen LogP contribution in [0.25, 0.3) is 44.4 Å². The summed E-state index contributed by atoms with van der Waals surface area (Å²) >= 11 is 14.4. The fourth-order valence-corrected chi connectivity index (χ4v) is 8.83. The molecule has 2 fully saturated rings. The average molecular weight is 754 g/mol. The summed E-state index contributed by atoms with van der Waals surface area (Å²) in [5.74, 6) is -1.12. The Hall–Kier alpha value is -4.61. The Kier molecular flexibility index (Phi) is 9.57. The van der Waals surface area contributed by atoms with Gasteiger partial charge in [-0.3, -0.25) is 14.4 Å². The van der Waals surface area contributed by atoms with Gasteiger partial charge in [0.1, 0.15) is 11.0 Å². The number of aliphatic carboxylic acids is 1. The lowest BCUT2D eigenvalue weighted by Gasteiger charge is -2.17. The van der Waals surface area contributed by atoms with E-state index >= 15 is 0 Å². The van der Waals surface area contributed by atoms with Gasteiger partial charge >= 0.3 is 5.97 Å². The van der Waals surface area contributed by atoms with E-state index in [0.29, 0.717) is 60.2 Å². The number of fused-ring (bicyclic) bond motifs is 2. The first-order valence-electron chi connectivity index (χ1n) is 18.3. The summed E-state index contributed by atoms with van der Waals surface area (Å²) < 4.78 is 7.36. The molecule has 0 radical (unpaired) electrons. The Balaban J connectivity index is 1.09. The highest BCUT2D eigenvalue weighted by molar-refractivity contribution is 6.39. The van der Waals surface area contributed by atoms with Crippen LogP contribution in [0, 0.1) is 19.8 Å². The van der Waals surface area contributed by atoms with E-state index < -0.39 is 5.97 Å². The minimum absolute atomic E-state index is 0.0131. The summed E-state index contributed by atoms with van der Waals surface area (Å²) in [6.07, 6.45) is 10.9. The third kappa shape index (κ3) is 6.63. The molecule has 2 aliphatic heterocycles. The van der Waals surface area contributed by atoms with Crippen molar-refractivity contribution < 1.29 is 9.90 Å². The van der Waals surface area contributed by atoms with Crippen LogP contribution in [0.3, 0.4) is 0 Å². The zero-order valence-electron chi connectivity index (χ0n) is 29.9. The van der Waals surface area contributed by atoms with Gasteiger partial charge in [0.15, 0.2) is 0 Å². The third-order valence-corrected chi connectivity index (χ3v) is 12.0. The normalized spacial score (nSPS) is 16.8. The highest BCUT2D eigenvalue weighted by atomic mass is 35.5. The minimum atomic E-state index is -0.763. The lowest BCUT2D eigenvalue weighted by atomic mass is 9.97. The zero-order chi connectivity index (χ0) is 37.0. The average Bonchev–Trinajstić information content (AvgIpc) is 3.96. The van der Waals surface area contributed by atoms with Crippen LogP contribution in [-0.2, 0) is 17.9 Å². The van der Waals surface area contributed by atoms with Crippen LogP contribution < -0.4 is 11.1 Å². The topological polar surface area (TPSA) is 96.6 Å². The molecule has 53 heavy (non-hydrogen) atoms. The van der Waals surface area contributed by atoms with E-state index in [1.807, 2.05) is 101 Å². The molecule has 10 nitrogen and oxygen atoms in total. The van der Waals surface area contributed by atoms with E-state index in [4.69, 9.17) is 23.2 Å². The molecular weight excluding hydrogens is 711 g/mol. The van der Waals surface area contributed by atoms with Crippen LogP contribution in [0.15, 0.2) is 82.9 Å². The maximum atomic E-state index is 13.7. The number of hydrogen-bond donors (Lipinski definition) is 1. The Labute approximate surface area is 317 Å². The number of halogens is 2. The number of likely N-dealkylation sites (tertiary alicyclic amines) is 2. The molecule has 0 bridgehead atoms. The smallest absolute Gasteiger partial charge is 0.307 e. The first kappa shape index (κ1) is 35.4. The number of aromatic nitrogens is 4. The Bertz CT molecular complexity index is 2510. The van der Waals surface area contributed by atoms with Crippen LogP contribution in [0.1, 0.15) is 30.7 Å². The molecule has 0 unspecified atom stereocenters. The van der Waals surface area contributed by atoms with E-state index in [-0.39, 0.29) is 17.0 Å². The molecule has 1 N–H and O–H groups in total. The lowest BCUT2D eigenvalue weighted by molar-refractivity contribution is -0.141. The highest BCUT2D eigenvalue weighted by Crippen LogP contribution is 2.42. The highest BCUT2D eigenvalue weighted by Gasteiger charge is 2.28. The molecule has 6 aromatic rings. The van der Waals surface area contributed by atoms with E-state index in [1.165, 1.54) is 12.8 Å². The molecule has 0 spiro atoms.